The number of rotatable bonds is 22. The Labute approximate surface area is 207 Å². The minimum atomic E-state index is -1.65. The molecule has 11 heteroatoms. The van der Waals surface area contributed by atoms with Gasteiger partial charge in [-0.05, 0) is 33.3 Å². The Balaban J connectivity index is 4.52. The topological polar surface area (TPSA) is 142 Å². The molecular formula is C24H40O11. The van der Waals surface area contributed by atoms with E-state index in [2.05, 4.69) is 23.8 Å². The number of hydrogen-bond acceptors (Lipinski definition) is 11. The lowest BCUT2D eigenvalue weighted by Gasteiger charge is -2.26. The zero-order valence-corrected chi connectivity index (χ0v) is 20.8. The Kier molecular flexibility index (Phi) is 18.8. The first-order valence-corrected chi connectivity index (χ1v) is 11.2. The third-order valence-electron chi connectivity index (χ3n) is 4.36. The molecule has 0 aromatic rings. The summed E-state index contributed by atoms with van der Waals surface area (Å²) < 4.78 is 16.5. The van der Waals surface area contributed by atoms with Crippen LogP contribution in [0.25, 0.3) is 0 Å². The Morgan fingerprint density at radius 2 is 1.89 bits per heavy atom. The fourth-order valence-corrected chi connectivity index (χ4v) is 2.77. The van der Waals surface area contributed by atoms with Crippen LogP contribution in [0.15, 0.2) is 43.6 Å². The van der Waals surface area contributed by atoms with E-state index in [-0.39, 0.29) is 64.5 Å². The highest BCUT2D eigenvalue weighted by atomic mass is 17.2. The highest BCUT2D eigenvalue weighted by molar-refractivity contribution is 5.81. The van der Waals surface area contributed by atoms with Crippen molar-refractivity contribution >= 4 is 5.97 Å². The smallest absolute Gasteiger partial charge is 0.330 e. The monoisotopic (exact) mass is 504 g/mol. The maximum absolute atomic E-state index is 11.4. The molecule has 0 spiro atoms. The van der Waals surface area contributed by atoms with Gasteiger partial charge in [-0.25, -0.2) is 4.79 Å². The van der Waals surface area contributed by atoms with Gasteiger partial charge in [0.05, 0.1) is 38.6 Å². The van der Waals surface area contributed by atoms with E-state index in [1.54, 1.807) is 19.9 Å². The molecule has 0 radical (unpaired) electrons. The molecule has 0 aliphatic heterocycles. The number of carbonyl (C=O) groups is 1. The number of hydrogen-bond donors (Lipinski definition) is 3. The predicted molar refractivity (Wildman–Crippen MR) is 125 cm³/mol. The van der Waals surface area contributed by atoms with E-state index >= 15 is 0 Å². The summed E-state index contributed by atoms with van der Waals surface area (Å²) in [7, 11) is 0. The molecule has 5 atom stereocenters. The number of aliphatic hydroxyl groups is 3. The van der Waals surface area contributed by atoms with Crippen LogP contribution in [-0.2, 0) is 38.6 Å². The van der Waals surface area contributed by atoms with Crippen molar-refractivity contribution in [3.63, 3.8) is 0 Å². The molecule has 3 N–H and O–H groups in total. The average Bonchev–Trinajstić information content (AvgIpc) is 2.82. The first-order chi connectivity index (χ1) is 16.7. The van der Waals surface area contributed by atoms with Crippen molar-refractivity contribution in [1.29, 1.82) is 0 Å². The largest absolute Gasteiger partial charge is 0.462 e. The first kappa shape index (κ1) is 32.8. The van der Waals surface area contributed by atoms with Gasteiger partial charge in [-0.2, -0.15) is 9.78 Å². The number of aliphatic hydroxyl groups excluding tert-OH is 2. The van der Waals surface area contributed by atoms with Crippen LogP contribution in [0.1, 0.15) is 33.6 Å². The molecular weight excluding hydrogens is 464 g/mol. The van der Waals surface area contributed by atoms with Crippen molar-refractivity contribution < 1.29 is 53.9 Å². The molecule has 35 heavy (non-hydrogen) atoms. The summed E-state index contributed by atoms with van der Waals surface area (Å²) in [6.45, 7) is 11.9. The summed E-state index contributed by atoms with van der Waals surface area (Å²) in [6, 6.07) is 0. The molecule has 0 aromatic heterocycles. The van der Waals surface area contributed by atoms with Gasteiger partial charge in [0.1, 0.15) is 12.9 Å². The van der Waals surface area contributed by atoms with Crippen molar-refractivity contribution in [1.82, 2.24) is 0 Å². The average molecular weight is 505 g/mol. The summed E-state index contributed by atoms with van der Waals surface area (Å²) in [5.41, 5.74) is 2.34. The molecule has 202 valence electrons. The van der Waals surface area contributed by atoms with Gasteiger partial charge < -0.3 is 39.3 Å². The van der Waals surface area contributed by atoms with Crippen LogP contribution >= 0.6 is 0 Å². The maximum Gasteiger partial charge on any atom is 0.330 e. The fraction of sp³-hybridized carbons (Fsp3) is 0.667. The van der Waals surface area contributed by atoms with Gasteiger partial charge in [0.2, 0.25) is 5.79 Å². The van der Waals surface area contributed by atoms with Crippen molar-refractivity contribution in [3.8, 4) is 0 Å². The lowest BCUT2D eigenvalue weighted by Crippen LogP contribution is -2.34. The maximum atomic E-state index is 11.4. The highest BCUT2D eigenvalue weighted by Crippen LogP contribution is 2.19. The molecule has 5 unspecified atom stereocenters. The zero-order valence-electron chi connectivity index (χ0n) is 20.8. The lowest BCUT2D eigenvalue weighted by molar-refractivity contribution is -0.391. The van der Waals surface area contributed by atoms with Gasteiger partial charge >= 0.3 is 5.97 Å². The summed E-state index contributed by atoms with van der Waals surface area (Å²) in [5, 5.41) is 29.9. The minimum absolute atomic E-state index is 0.0255. The van der Waals surface area contributed by atoms with Gasteiger partial charge in [0, 0.05) is 30.9 Å². The van der Waals surface area contributed by atoms with Crippen LogP contribution < -0.4 is 0 Å². The van der Waals surface area contributed by atoms with E-state index in [4.69, 9.17) is 28.9 Å². The van der Waals surface area contributed by atoms with Gasteiger partial charge in [-0.3, -0.25) is 0 Å². The van der Waals surface area contributed by atoms with Crippen molar-refractivity contribution in [2.75, 3.05) is 39.6 Å². The second kappa shape index (κ2) is 20.0. The van der Waals surface area contributed by atoms with Gasteiger partial charge in [-0.1, -0.05) is 18.9 Å². The number of allylic oxidation sites excluding steroid dienone is 1. The van der Waals surface area contributed by atoms with Crippen LogP contribution in [0.3, 0.4) is 0 Å². The summed E-state index contributed by atoms with van der Waals surface area (Å²) in [5.74, 6) is -2.96. The SMILES string of the molecule is C=C=COOC(C)(O)CC(CO)COC(C)COCC(COC(=O)C=C)CC(O)COOC=CC. The molecule has 0 rings (SSSR count). The van der Waals surface area contributed by atoms with Gasteiger partial charge in [0.15, 0.2) is 6.26 Å². The zero-order chi connectivity index (χ0) is 26.5. The number of ether oxygens (including phenoxy) is 3. The second-order valence-electron chi connectivity index (χ2n) is 8.05. The molecule has 11 nitrogen and oxygen atoms in total. The molecule has 0 amide bonds. The van der Waals surface area contributed by atoms with Gasteiger partial charge in [0.25, 0.3) is 0 Å². The molecule has 0 aliphatic carbocycles. The standard InChI is InChI=1S/C24H40O11/c1-6-9-32-34-18-22(26)11-20(16-31-23(27)8-3)15-29-14-19(4)30-17-21(13-25)12-24(5,28)35-33-10-7-2/h6,8-10,19-22,25-26,28H,2-3,11-18H2,1,4-5H3. The van der Waals surface area contributed by atoms with Gasteiger partial charge in [-0.15, -0.1) is 0 Å². The Morgan fingerprint density at radius 1 is 1.14 bits per heavy atom. The first-order valence-electron chi connectivity index (χ1n) is 11.2. The van der Waals surface area contributed by atoms with Crippen molar-refractivity contribution in [2.45, 2.75) is 51.6 Å². The number of esters is 1. The summed E-state index contributed by atoms with van der Waals surface area (Å²) in [4.78, 5) is 30.5. The van der Waals surface area contributed by atoms with E-state index in [0.29, 0.717) is 0 Å². The quantitative estimate of drug-likeness (QED) is 0.0291. The molecule has 0 fully saturated rings. The van der Waals surface area contributed by atoms with Crippen LogP contribution in [0.4, 0.5) is 0 Å². The fourth-order valence-electron chi connectivity index (χ4n) is 2.77. The van der Waals surface area contributed by atoms with E-state index in [0.717, 1.165) is 12.3 Å². The Hall–Kier alpha value is -2.21. The number of carbonyl (C=O) groups excluding carboxylic acids is 1. The third kappa shape index (κ3) is 18.7. The third-order valence-corrected chi connectivity index (χ3v) is 4.36. The van der Waals surface area contributed by atoms with Crippen LogP contribution in [-0.4, -0.2) is 78.9 Å². The van der Waals surface area contributed by atoms with Crippen LogP contribution in [0, 0.1) is 11.8 Å². The highest BCUT2D eigenvalue weighted by Gasteiger charge is 2.28. The lowest BCUT2D eigenvalue weighted by atomic mass is 10.0. The summed E-state index contributed by atoms with van der Waals surface area (Å²) >= 11 is 0. The van der Waals surface area contributed by atoms with E-state index in [1.165, 1.54) is 13.2 Å². The molecule has 0 bridgehead atoms. The second-order valence-corrected chi connectivity index (χ2v) is 8.05. The molecule has 0 aromatic carbocycles. The van der Waals surface area contributed by atoms with E-state index < -0.39 is 23.8 Å². The van der Waals surface area contributed by atoms with Crippen molar-refractivity contribution in [2.24, 2.45) is 11.8 Å². The minimum Gasteiger partial charge on any atom is -0.462 e. The van der Waals surface area contributed by atoms with Crippen LogP contribution in [0.5, 0.6) is 0 Å². The summed E-state index contributed by atoms with van der Waals surface area (Å²) in [6.07, 6.45) is 4.17. The molecule has 0 heterocycles. The van der Waals surface area contributed by atoms with Crippen LogP contribution in [0.2, 0.25) is 0 Å². The van der Waals surface area contributed by atoms with E-state index in [9.17, 15) is 20.1 Å². The van der Waals surface area contributed by atoms with E-state index in [1.807, 2.05) is 0 Å². The normalized spacial score (nSPS) is 16.4. The molecule has 0 aliphatic rings. The molecule has 0 saturated carbocycles. The Bertz CT molecular complexity index is 643. The van der Waals surface area contributed by atoms with Crippen molar-refractivity contribution in [3.05, 3.63) is 43.6 Å². The Morgan fingerprint density at radius 3 is 2.51 bits per heavy atom. The molecule has 0 saturated heterocycles. The predicted octanol–water partition coefficient (Wildman–Crippen LogP) is 1.94.